The van der Waals surface area contributed by atoms with Crippen molar-refractivity contribution in [3.05, 3.63) is 82.8 Å². The summed E-state index contributed by atoms with van der Waals surface area (Å²) in [6.07, 6.45) is 1.62. The van der Waals surface area contributed by atoms with Crippen LogP contribution >= 0.6 is 11.6 Å². The predicted molar refractivity (Wildman–Crippen MR) is 126 cm³/mol. The van der Waals surface area contributed by atoms with E-state index in [-0.39, 0.29) is 34.4 Å². The molecule has 7 nitrogen and oxygen atoms in total. The van der Waals surface area contributed by atoms with Crippen LogP contribution in [-0.2, 0) is 10.0 Å². The lowest BCUT2D eigenvalue weighted by molar-refractivity contribution is 0.102. The second kappa shape index (κ2) is 9.46. The van der Waals surface area contributed by atoms with Gasteiger partial charge in [0.25, 0.3) is 5.91 Å². The van der Waals surface area contributed by atoms with Crippen molar-refractivity contribution >= 4 is 39.0 Å². The van der Waals surface area contributed by atoms with Crippen LogP contribution in [0.15, 0.2) is 65.7 Å². The number of rotatable bonds is 5. The average Bonchev–Trinajstić information content (AvgIpc) is 2.81. The minimum absolute atomic E-state index is 0.0426. The van der Waals surface area contributed by atoms with Gasteiger partial charge in [-0.2, -0.15) is 4.31 Å². The second-order valence-electron chi connectivity index (χ2n) is 7.69. The van der Waals surface area contributed by atoms with Crippen molar-refractivity contribution < 1.29 is 17.6 Å². The number of carbonyl (C=O) groups excluding carboxylic acids is 1. The highest BCUT2D eigenvalue weighted by Crippen LogP contribution is 2.28. The molecule has 0 radical (unpaired) electrons. The van der Waals surface area contributed by atoms with Crippen molar-refractivity contribution in [1.29, 1.82) is 0 Å². The fourth-order valence-corrected chi connectivity index (χ4v) is 5.47. The highest BCUT2D eigenvalue weighted by molar-refractivity contribution is 7.89. The van der Waals surface area contributed by atoms with Gasteiger partial charge in [0.2, 0.25) is 10.0 Å². The van der Waals surface area contributed by atoms with Gasteiger partial charge in [-0.25, -0.2) is 17.8 Å². The smallest absolute Gasteiger partial charge is 0.256 e. The SMILES string of the molecule is Cc1ccc(NC(=O)c2ccc(Cl)c(S(=O)(=O)N3CCN(c4ccc(F)cc4)CC3)c2)nc1. The van der Waals surface area contributed by atoms with Gasteiger partial charge in [-0.3, -0.25) is 4.79 Å². The van der Waals surface area contributed by atoms with Gasteiger partial charge in [0.05, 0.1) is 5.02 Å². The van der Waals surface area contributed by atoms with Gasteiger partial charge in [-0.1, -0.05) is 17.7 Å². The molecular weight excluding hydrogens is 467 g/mol. The van der Waals surface area contributed by atoms with Crippen molar-refractivity contribution in [2.24, 2.45) is 0 Å². The minimum atomic E-state index is -3.92. The summed E-state index contributed by atoms with van der Waals surface area (Å²) in [5, 5.41) is 2.70. The molecular formula is C23H22ClFN4O3S. The Balaban J connectivity index is 1.50. The summed E-state index contributed by atoms with van der Waals surface area (Å²) >= 11 is 6.23. The summed E-state index contributed by atoms with van der Waals surface area (Å²) < 4.78 is 41.1. The van der Waals surface area contributed by atoms with Crippen LogP contribution in [0.3, 0.4) is 0 Å². The molecule has 1 saturated heterocycles. The Hall–Kier alpha value is -3.01. The molecule has 0 spiro atoms. The number of piperazine rings is 1. The molecule has 2 heterocycles. The van der Waals surface area contributed by atoms with E-state index in [9.17, 15) is 17.6 Å². The highest BCUT2D eigenvalue weighted by Gasteiger charge is 2.31. The lowest BCUT2D eigenvalue weighted by atomic mass is 10.2. The Labute approximate surface area is 196 Å². The number of nitrogens with one attached hydrogen (secondary N) is 1. The molecule has 0 aliphatic carbocycles. The molecule has 33 heavy (non-hydrogen) atoms. The zero-order chi connectivity index (χ0) is 23.6. The zero-order valence-corrected chi connectivity index (χ0v) is 19.4. The number of pyridine rings is 1. The average molecular weight is 489 g/mol. The molecule has 1 aliphatic rings. The number of sulfonamides is 1. The van der Waals surface area contributed by atoms with E-state index in [2.05, 4.69) is 10.3 Å². The van der Waals surface area contributed by atoms with Crippen molar-refractivity contribution in [2.75, 3.05) is 36.4 Å². The molecule has 1 aliphatic heterocycles. The fourth-order valence-electron chi connectivity index (χ4n) is 3.55. The van der Waals surface area contributed by atoms with Crippen LogP contribution in [0.4, 0.5) is 15.9 Å². The van der Waals surface area contributed by atoms with Crippen LogP contribution in [0.25, 0.3) is 0 Å². The van der Waals surface area contributed by atoms with Gasteiger partial charge in [0, 0.05) is 43.6 Å². The van der Waals surface area contributed by atoms with E-state index in [1.54, 1.807) is 24.4 Å². The third-order valence-corrected chi connectivity index (χ3v) is 7.77. The van der Waals surface area contributed by atoms with Crippen LogP contribution in [-0.4, -0.2) is 49.8 Å². The number of hydrogen-bond acceptors (Lipinski definition) is 5. The van der Waals surface area contributed by atoms with Gasteiger partial charge in [0.1, 0.15) is 16.5 Å². The monoisotopic (exact) mass is 488 g/mol. The van der Waals surface area contributed by atoms with Gasteiger partial charge in [0.15, 0.2) is 0 Å². The first-order valence-corrected chi connectivity index (χ1v) is 12.1. The van der Waals surface area contributed by atoms with Crippen molar-refractivity contribution in [3.63, 3.8) is 0 Å². The van der Waals surface area contributed by atoms with Crippen LogP contribution in [0.5, 0.6) is 0 Å². The number of hydrogen-bond donors (Lipinski definition) is 1. The molecule has 10 heteroatoms. The number of aryl methyl sites for hydroxylation is 1. The van der Waals surface area contributed by atoms with Crippen molar-refractivity contribution in [1.82, 2.24) is 9.29 Å². The van der Waals surface area contributed by atoms with Gasteiger partial charge in [-0.05, 0) is 61.0 Å². The molecule has 0 unspecified atom stereocenters. The largest absolute Gasteiger partial charge is 0.369 e. The Bertz CT molecular complexity index is 1260. The minimum Gasteiger partial charge on any atom is -0.369 e. The summed E-state index contributed by atoms with van der Waals surface area (Å²) in [5.74, 6) is -0.445. The fraction of sp³-hybridized carbons (Fsp3) is 0.217. The molecule has 172 valence electrons. The molecule has 1 N–H and O–H groups in total. The number of nitrogens with zero attached hydrogens (tertiary/aromatic N) is 3. The molecule has 1 amide bonds. The standard InChI is InChI=1S/C23H22ClFN4O3S/c1-16-2-9-22(26-15-16)27-23(30)17-3-8-20(24)21(14-17)33(31,32)29-12-10-28(11-13-29)19-6-4-18(25)5-7-19/h2-9,14-15H,10-13H2,1H3,(H,26,27,30). The molecule has 4 rings (SSSR count). The lowest BCUT2D eigenvalue weighted by Gasteiger charge is -2.35. The van der Waals surface area contributed by atoms with Crippen molar-refractivity contribution in [3.8, 4) is 0 Å². The predicted octanol–water partition coefficient (Wildman–Crippen LogP) is 3.95. The summed E-state index contributed by atoms with van der Waals surface area (Å²) in [6.45, 7) is 3.25. The number of benzene rings is 2. The van der Waals surface area contributed by atoms with Crippen LogP contribution in [0.2, 0.25) is 5.02 Å². The summed E-state index contributed by atoms with van der Waals surface area (Å²) in [6, 6.07) is 13.7. The van der Waals surface area contributed by atoms with Crippen LogP contribution < -0.4 is 10.2 Å². The number of halogens is 2. The quantitative estimate of drug-likeness (QED) is 0.588. The van der Waals surface area contributed by atoms with E-state index >= 15 is 0 Å². The maximum Gasteiger partial charge on any atom is 0.256 e. The normalized spacial score (nSPS) is 14.8. The van der Waals surface area contributed by atoms with E-state index in [0.29, 0.717) is 18.9 Å². The molecule has 0 atom stereocenters. The number of anilines is 2. The first-order valence-electron chi connectivity index (χ1n) is 10.3. The third kappa shape index (κ3) is 5.16. The first-order chi connectivity index (χ1) is 15.7. The third-order valence-electron chi connectivity index (χ3n) is 5.39. The Kier molecular flexibility index (Phi) is 6.64. The zero-order valence-electron chi connectivity index (χ0n) is 17.8. The number of carbonyl (C=O) groups is 1. The summed E-state index contributed by atoms with van der Waals surface area (Å²) in [5.41, 5.74) is 1.94. The maximum absolute atomic E-state index is 13.3. The molecule has 3 aromatic rings. The Morgan fingerprint density at radius 1 is 1.03 bits per heavy atom. The van der Waals surface area contributed by atoms with Crippen molar-refractivity contribution in [2.45, 2.75) is 11.8 Å². The Morgan fingerprint density at radius 2 is 1.73 bits per heavy atom. The first kappa shape index (κ1) is 23.2. The van der Waals surface area contributed by atoms with E-state index in [4.69, 9.17) is 11.6 Å². The number of amides is 1. The molecule has 1 fully saturated rings. The maximum atomic E-state index is 13.3. The van der Waals surface area contributed by atoms with Gasteiger partial charge >= 0.3 is 0 Å². The van der Waals surface area contributed by atoms with Gasteiger partial charge < -0.3 is 10.2 Å². The summed E-state index contributed by atoms with van der Waals surface area (Å²) in [4.78, 5) is 18.7. The van der Waals surface area contributed by atoms with Gasteiger partial charge in [-0.15, -0.1) is 0 Å². The Morgan fingerprint density at radius 3 is 2.36 bits per heavy atom. The molecule has 2 aromatic carbocycles. The number of aromatic nitrogens is 1. The second-order valence-corrected chi connectivity index (χ2v) is 10.0. The van der Waals surface area contributed by atoms with E-state index < -0.39 is 15.9 Å². The molecule has 1 aromatic heterocycles. The topological polar surface area (TPSA) is 82.6 Å². The van der Waals surface area contributed by atoms with Crippen LogP contribution in [0.1, 0.15) is 15.9 Å². The van der Waals surface area contributed by atoms with E-state index in [1.807, 2.05) is 17.9 Å². The van der Waals surface area contributed by atoms with E-state index in [0.717, 1.165) is 11.3 Å². The summed E-state index contributed by atoms with van der Waals surface area (Å²) in [7, 11) is -3.92. The lowest BCUT2D eigenvalue weighted by Crippen LogP contribution is -2.48. The molecule has 0 bridgehead atoms. The molecule has 0 saturated carbocycles. The highest BCUT2D eigenvalue weighted by atomic mass is 35.5. The van der Waals surface area contributed by atoms with Crippen LogP contribution in [0, 0.1) is 12.7 Å². The van der Waals surface area contributed by atoms with E-state index in [1.165, 1.54) is 34.6 Å².